The van der Waals surface area contributed by atoms with E-state index in [0.29, 0.717) is 18.6 Å². The van der Waals surface area contributed by atoms with Crippen LogP contribution >= 0.6 is 0 Å². The van der Waals surface area contributed by atoms with Gasteiger partial charge in [-0.25, -0.2) is 0 Å². The van der Waals surface area contributed by atoms with E-state index in [1.54, 1.807) is 45.5 Å². The van der Waals surface area contributed by atoms with Gasteiger partial charge in [-0.05, 0) is 37.1 Å². The van der Waals surface area contributed by atoms with Gasteiger partial charge >= 0.3 is 0 Å². The van der Waals surface area contributed by atoms with Gasteiger partial charge in [-0.3, -0.25) is 4.79 Å². The Kier molecular flexibility index (Phi) is 5.88. The molecule has 1 aliphatic carbocycles. The van der Waals surface area contributed by atoms with Gasteiger partial charge in [0.2, 0.25) is 6.10 Å². The molecule has 2 rings (SSSR count). The third kappa shape index (κ3) is 4.38. The average Bonchev–Trinajstić information content (AvgIpc) is 2.77. The molecule has 5 nitrogen and oxygen atoms in total. The standard InChI is InChI=1S/C18H27NO4/c1-19(2)17(20)16(18(21)12-6-4-5-7-13-18)23-15-10-8-14(22-3)9-11-15/h8-11,16,21H,4-7,12-13H2,1-3H3. The molecule has 1 saturated carbocycles. The zero-order valence-electron chi connectivity index (χ0n) is 14.2. The maximum Gasteiger partial charge on any atom is 0.266 e. The van der Waals surface area contributed by atoms with Crippen molar-refractivity contribution >= 4 is 5.91 Å². The third-order valence-electron chi connectivity index (χ3n) is 4.44. The van der Waals surface area contributed by atoms with Crippen molar-refractivity contribution < 1.29 is 19.4 Å². The van der Waals surface area contributed by atoms with Crippen LogP contribution in [-0.4, -0.2) is 48.8 Å². The number of nitrogens with zero attached hydrogens (tertiary/aromatic N) is 1. The highest BCUT2D eigenvalue weighted by Gasteiger charge is 2.44. The molecule has 1 unspecified atom stereocenters. The van der Waals surface area contributed by atoms with Crippen LogP contribution in [0.15, 0.2) is 24.3 Å². The average molecular weight is 321 g/mol. The molecule has 0 radical (unpaired) electrons. The zero-order valence-corrected chi connectivity index (χ0v) is 14.2. The van der Waals surface area contributed by atoms with Gasteiger partial charge in [0.25, 0.3) is 5.91 Å². The van der Waals surface area contributed by atoms with Crippen molar-refractivity contribution in [3.05, 3.63) is 24.3 Å². The summed E-state index contributed by atoms with van der Waals surface area (Å²) in [6.07, 6.45) is 4.31. The molecule has 0 heterocycles. The predicted molar refractivity (Wildman–Crippen MR) is 88.8 cm³/mol. The molecule has 5 heteroatoms. The lowest BCUT2D eigenvalue weighted by atomic mass is 9.87. The summed E-state index contributed by atoms with van der Waals surface area (Å²) in [7, 11) is 4.97. The lowest BCUT2D eigenvalue weighted by Gasteiger charge is -2.36. The molecule has 128 valence electrons. The zero-order chi connectivity index (χ0) is 16.9. The number of rotatable bonds is 5. The van der Waals surface area contributed by atoms with Crippen LogP contribution < -0.4 is 9.47 Å². The SMILES string of the molecule is COc1ccc(OC(C(=O)N(C)C)C2(O)CCCCCC2)cc1. The van der Waals surface area contributed by atoms with Crippen LogP contribution in [-0.2, 0) is 4.79 Å². The van der Waals surface area contributed by atoms with E-state index >= 15 is 0 Å². The lowest BCUT2D eigenvalue weighted by molar-refractivity contribution is -0.152. The number of carbonyl (C=O) groups is 1. The number of methoxy groups -OCH3 is 1. The van der Waals surface area contributed by atoms with Crippen molar-refractivity contribution in [1.82, 2.24) is 4.90 Å². The fourth-order valence-electron chi connectivity index (χ4n) is 3.02. The van der Waals surface area contributed by atoms with E-state index < -0.39 is 11.7 Å². The molecule has 0 bridgehead atoms. The van der Waals surface area contributed by atoms with Gasteiger partial charge in [0.1, 0.15) is 17.1 Å². The van der Waals surface area contributed by atoms with Crippen LogP contribution in [0.3, 0.4) is 0 Å². The molecular formula is C18H27NO4. The predicted octanol–water partition coefficient (Wildman–Crippen LogP) is 2.62. The topological polar surface area (TPSA) is 59.0 Å². The first-order valence-corrected chi connectivity index (χ1v) is 8.20. The van der Waals surface area contributed by atoms with Crippen molar-refractivity contribution in [2.75, 3.05) is 21.2 Å². The van der Waals surface area contributed by atoms with Gasteiger partial charge in [-0.2, -0.15) is 0 Å². The Hall–Kier alpha value is -1.75. The number of likely N-dealkylation sites (N-methyl/N-ethyl adjacent to an activating group) is 1. The number of hydrogen-bond donors (Lipinski definition) is 1. The van der Waals surface area contributed by atoms with Crippen LogP contribution in [0.1, 0.15) is 38.5 Å². The Morgan fingerprint density at radius 3 is 2.09 bits per heavy atom. The Morgan fingerprint density at radius 1 is 1.09 bits per heavy atom. The first kappa shape index (κ1) is 17.6. The van der Waals surface area contributed by atoms with Crippen LogP contribution in [0.25, 0.3) is 0 Å². The molecular weight excluding hydrogens is 294 g/mol. The second-order valence-electron chi connectivity index (χ2n) is 6.42. The van der Waals surface area contributed by atoms with Crippen molar-refractivity contribution in [3.63, 3.8) is 0 Å². The van der Waals surface area contributed by atoms with Gasteiger partial charge < -0.3 is 19.5 Å². The van der Waals surface area contributed by atoms with Gasteiger partial charge in [-0.1, -0.05) is 25.7 Å². The summed E-state index contributed by atoms with van der Waals surface area (Å²) in [6, 6.07) is 7.08. The number of amides is 1. The molecule has 1 aliphatic rings. The number of ether oxygens (including phenoxy) is 2. The van der Waals surface area contributed by atoms with Crippen molar-refractivity contribution in [3.8, 4) is 11.5 Å². The molecule has 0 aliphatic heterocycles. The fourth-order valence-corrected chi connectivity index (χ4v) is 3.02. The normalized spacial score (nSPS) is 18.6. The second kappa shape index (κ2) is 7.68. The first-order chi connectivity index (χ1) is 11.0. The van der Waals surface area contributed by atoms with Crippen molar-refractivity contribution in [1.29, 1.82) is 0 Å². The highest BCUT2D eigenvalue weighted by Crippen LogP contribution is 2.33. The fraction of sp³-hybridized carbons (Fsp3) is 0.611. The van der Waals surface area contributed by atoms with E-state index in [1.165, 1.54) is 4.90 Å². The first-order valence-electron chi connectivity index (χ1n) is 8.20. The summed E-state index contributed by atoms with van der Waals surface area (Å²) in [5.74, 6) is 1.08. The van der Waals surface area contributed by atoms with E-state index in [9.17, 15) is 9.90 Å². The maximum absolute atomic E-state index is 12.6. The Bertz CT molecular complexity index is 504. The van der Waals surface area contributed by atoms with Gasteiger partial charge in [-0.15, -0.1) is 0 Å². The lowest BCUT2D eigenvalue weighted by Crippen LogP contribution is -2.54. The Labute approximate surface area is 138 Å². The van der Waals surface area contributed by atoms with Gasteiger partial charge in [0.15, 0.2) is 0 Å². The van der Waals surface area contributed by atoms with Crippen LogP contribution in [0.2, 0.25) is 0 Å². The molecule has 0 saturated heterocycles. The summed E-state index contributed by atoms with van der Waals surface area (Å²) in [5.41, 5.74) is -1.11. The largest absolute Gasteiger partial charge is 0.497 e. The molecule has 1 amide bonds. The number of benzene rings is 1. The van der Waals surface area contributed by atoms with Crippen LogP contribution in [0.5, 0.6) is 11.5 Å². The maximum atomic E-state index is 12.6. The highest BCUT2D eigenvalue weighted by molar-refractivity contribution is 5.82. The molecule has 1 N–H and O–H groups in total. The number of aliphatic hydroxyl groups is 1. The number of carbonyl (C=O) groups excluding carboxylic acids is 1. The molecule has 1 atom stereocenters. The molecule has 23 heavy (non-hydrogen) atoms. The smallest absolute Gasteiger partial charge is 0.266 e. The Morgan fingerprint density at radius 2 is 1.61 bits per heavy atom. The number of hydrogen-bond acceptors (Lipinski definition) is 4. The monoisotopic (exact) mass is 321 g/mol. The quantitative estimate of drug-likeness (QED) is 0.847. The van der Waals surface area contributed by atoms with Crippen LogP contribution in [0, 0.1) is 0 Å². The van der Waals surface area contributed by atoms with Gasteiger partial charge in [0, 0.05) is 14.1 Å². The Balaban J connectivity index is 2.23. The summed E-state index contributed by atoms with van der Waals surface area (Å²) in [4.78, 5) is 14.1. The highest BCUT2D eigenvalue weighted by atomic mass is 16.5. The minimum Gasteiger partial charge on any atom is -0.497 e. The van der Waals surface area contributed by atoms with Gasteiger partial charge in [0.05, 0.1) is 7.11 Å². The summed E-state index contributed by atoms with van der Waals surface area (Å²) >= 11 is 0. The molecule has 1 fully saturated rings. The molecule has 0 spiro atoms. The van der Waals surface area contributed by atoms with E-state index in [4.69, 9.17) is 9.47 Å². The summed E-state index contributed by atoms with van der Waals surface area (Å²) in [6.45, 7) is 0. The van der Waals surface area contributed by atoms with E-state index in [1.807, 2.05) is 0 Å². The molecule has 1 aromatic carbocycles. The summed E-state index contributed by atoms with van der Waals surface area (Å²) < 4.78 is 11.1. The van der Waals surface area contributed by atoms with Crippen molar-refractivity contribution in [2.24, 2.45) is 0 Å². The van der Waals surface area contributed by atoms with Crippen molar-refractivity contribution in [2.45, 2.75) is 50.2 Å². The minimum atomic E-state index is -1.11. The van der Waals surface area contributed by atoms with E-state index in [-0.39, 0.29) is 5.91 Å². The van der Waals surface area contributed by atoms with Crippen LogP contribution in [0.4, 0.5) is 0 Å². The van der Waals surface area contributed by atoms with E-state index in [2.05, 4.69) is 0 Å². The molecule has 1 aromatic rings. The molecule has 0 aromatic heterocycles. The summed E-state index contributed by atoms with van der Waals surface area (Å²) in [5, 5.41) is 11.1. The third-order valence-corrected chi connectivity index (χ3v) is 4.44. The second-order valence-corrected chi connectivity index (χ2v) is 6.42. The van der Waals surface area contributed by atoms with E-state index in [0.717, 1.165) is 31.4 Å². The minimum absolute atomic E-state index is 0.204.